The van der Waals surface area contributed by atoms with Crippen molar-refractivity contribution in [2.45, 2.75) is 25.7 Å². The zero-order valence-corrected chi connectivity index (χ0v) is 12.2. The van der Waals surface area contributed by atoms with Crippen LogP contribution < -0.4 is 5.73 Å². The van der Waals surface area contributed by atoms with E-state index in [1.54, 1.807) is 0 Å². The van der Waals surface area contributed by atoms with E-state index in [1.807, 2.05) is 17.9 Å². The summed E-state index contributed by atoms with van der Waals surface area (Å²) in [6.45, 7) is 4.33. The topological polar surface area (TPSA) is 46.3 Å². The SMILES string of the molecule is CCCC(=O)N1C[C@@H](CN)[C@H](c2ccccc2)C1.Cl. The molecule has 0 aliphatic carbocycles. The maximum Gasteiger partial charge on any atom is 0.222 e. The number of nitrogens with two attached hydrogens (primary N) is 1. The molecule has 4 heteroatoms. The first-order chi connectivity index (χ1) is 8.76. The molecule has 1 aliphatic heterocycles. The van der Waals surface area contributed by atoms with Crippen molar-refractivity contribution in [1.82, 2.24) is 4.90 Å². The number of carbonyl (C=O) groups is 1. The summed E-state index contributed by atoms with van der Waals surface area (Å²) in [6, 6.07) is 10.4. The monoisotopic (exact) mass is 282 g/mol. The number of nitrogens with zero attached hydrogens (tertiary/aromatic N) is 1. The minimum Gasteiger partial charge on any atom is -0.342 e. The van der Waals surface area contributed by atoms with Crippen molar-refractivity contribution in [2.75, 3.05) is 19.6 Å². The fourth-order valence-corrected chi connectivity index (χ4v) is 2.76. The Labute approximate surface area is 121 Å². The molecule has 0 radical (unpaired) electrons. The van der Waals surface area contributed by atoms with Crippen molar-refractivity contribution in [2.24, 2.45) is 11.7 Å². The van der Waals surface area contributed by atoms with Crippen molar-refractivity contribution >= 4 is 18.3 Å². The van der Waals surface area contributed by atoms with Crippen molar-refractivity contribution in [3.8, 4) is 0 Å². The number of likely N-dealkylation sites (tertiary alicyclic amines) is 1. The summed E-state index contributed by atoms with van der Waals surface area (Å²) in [5.74, 6) is 1.07. The second-order valence-electron chi connectivity index (χ2n) is 5.06. The van der Waals surface area contributed by atoms with E-state index >= 15 is 0 Å². The first-order valence-electron chi connectivity index (χ1n) is 6.79. The summed E-state index contributed by atoms with van der Waals surface area (Å²) >= 11 is 0. The van der Waals surface area contributed by atoms with E-state index in [2.05, 4.69) is 24.3 Å². The van der Waals surface area contributed by atoms with Crippen LogP contribution in [0, 0.1) is 5.92 Å². The number of carbonyl (C=O) groups excluding carboxylic acids is 1. The minimum atomic E-state index is 0. The molecule has 19 heavy (non-hydrogen) atoms. The van der Waals surface area contributed by atoms with E-state index in [0.29, 0.717) is 24.8 Å². The van der Waals surface area contributed by atoms with Crippen LogP contribution in [0.4, 0.5) is 0 Å². The van der Waals surface area contributed by atoms with Gasteiger partial charge >= 0.3 is 0 Å². The Hall–Kier alpha value is -1.06. The molecule has 106 valence electrons. The zero-order chi connectivity index (χ0) is 13.0. The van der Waals surface area contributed by atoms with E-state index < -0.39 is 0 Å². The van der Waals surface area contributed by atoms with Gasteiger partial charge in [-0.3, -0.25) is 4.79 Å². The average molecular weight is 283 g/mol. The Morgan fingerprint density at radius 2 is 2.00 bits per heavy atom. The summed E-state index contributed by atoms with van der Waals surface area (Å²) in [5.41, 5.74) is 7.17. The lowest BCUT2D eigenvalue weighted by atomic mass is 9.89. The Morgan fingerprint density at radius 3 is 2.58 bits per heavy atom. The van der Waals surface area contributed by atoms with Crippen LogP contribution in [0.1, 0.15) is 31.2 Å². The zero-order valence-electron chi connectivity index (χ0n) is 11.4. The van der Waals surface area contributed by atoms with Crippen molar-refractivity contribution in [3.63, 3.8) is 0 Å². The summed E-state index contributed by atoms with van der Waals surface area (Å²) in [5, 5.41) is 0. The van der Waals surface area contributed by atoms with Gasteiger partial charge in [-0.25, -0.2) is 0 Å². The Balaban J connectivity index is 0.00000180. The summed E-state index contributed by atoms with van der Waals surface area (Å²) in [4.78, 5) is 14.0. The molecule has 0 aromatic heterocycles. The molecule has 2 N–H and O–H groups in total. The molecule has 1 saturated heterocycles. The lowest BCUT2D eigenvalue weighted by Gasteiger charge is -2.16. The molecule has 1 heterocycles. The Bertz CT molecular complexity index is 396. The molecule has 0 bridgehead atoms. The fourth-order valence-electron chi connectivity index (χ4n) is 2.76. The van der Waals surface area contributed by atoms with Gasteiger partial charge in [0.15, 0.2) is 0 Å². The summed E-state index contributed by atoms with van der Waals surface area (Å²) in [7, 11) is 0. The first kappa shape index (κ1) is 16.0. The highest BCUT2D eigenvalue weighted by molar-refractivity contribution is 5.85. The van der Waals surface area contributed by atoms with E-state index in [9.17, 15) is 4.79 Å². The molecule has 2 atom stereocenters. The molecule has 0 unspecified atom stereocenters. The molecular formula is C15H23ClN2O. The standard InChI is InChI=1S/C15H22N2O.ClH/c1-2-6-15(18)17-10-13(9-16)14(11-17)12-7-4-3-5-8-12;/h3-5,7-8,13-14H,2,6,9-11,16H2,1H3;1H/t13-,14+;/m1./s1. The number of hydrogen-bond acceptors (Lipinski definition) is 2. The molecule has 0 spiro atoms. The van der Waals surface area contributed by atoms with Gasteiger partial charge in [-0.15, -0.1) is 12.4 Å². The largest absolute Gasteiger partial charge is 0.342 e. The van der Waals surface area contributed by atoms with Crippen molar-refractivity contribution < 1.29 is 4.79 Å². The van der Waals surface area contributed by atoms with Crippen LogP contribution in [0.25, 0.3) is 0 Å². The van der Waals surface area contributed by atoms with Gasteiger partial charge in [-0.1, -0.05) is 37.3 Å². The van der Waals surface area contributed by atoms with Gasteiger partial charge in [0.2, 0.25) is 5.91 Å². The van der Waals surface area contributed by atoms with Crippen molar-refractivity contribution in [3.05, 3.63) is 35.9 Å². The third-order valence-electron chi connectivity index (χ3n) is 3.79. The molecule has 1 amide bonds. The number of amides is 1. The van der Waals surface area contributed by atoms with E-state index in [1.165, 1.54) is 5.56 Å². The van der Waals surface area contributed by atoms with Gasteiger partial charge in [0.25, 0.3) is 0 Å². The van der Waals surface area contributed by atoms with Crippen LogP contribution in [0.5, 0.6) is 0 Å². The Kier molecular flexibility index (Phi) is 6.32. The molecule has 1 aromatic rings. The molecular weight excluding hydrogens is 260 g/mol. The third-order valence-corrected chi connectivity index (χ3v) is 3.79. The number of rotatable bonds is 4. The minimum absolute atomic E-state index is 0. The second-order valence-corrected chi connectivity index (χ2v) is 5.06. The van der Waals surface area contributed by atoms with Gasteiger partial charge in [0.1, 0.15) is 0 Å². The smallest absolute Gasteiger partial charge is 0.222 e. The maximum absolute atomic E-state index is 12.0. The number of halogens is 1. The van der Waals surface area contributed by atoms with Gasteiger partial charge in [0.05, 0.1) is 0 Å². The maximum atomic E-state index is 12.0. The van der Waals surface area contributed by atoms with Crippen LogP contribution in [0.15, 0.2) is 30.3 Å². The highest BCUT2D eigenvalue weighted by Gasteiger charge is 2.34. The quantitative estimate of drug-likeness (QED) is 0.922. The summed E-state index contributed by atoms with van der Waals surface area (Å²) < 4.78 is 0. The van der Waals surface area contributed by atoms with Gasteiger partial charge in [-0.05, 0) is 24.4 Å². The first-order valence-corrected chi connectivity index (χ1v) is 6.79. The highest BCUT2D eigenvalue weighted by atomic mass is 35.5. The second kappa shape index (κ2) is 7.51. The number of benzene rings is 1. The molecule has 1 aromatic carbocycles. The van der Waals surface area contributed by atoms with Crippen LogP contribution in [-0.2, 0) is 4.79 Å². The van der Waals surface area contributed by atoms with Gasteiger partial charge < -0.3 is 10.6 Å². The number of hydrogen-bond donors (Lipinski definition) is 1. The lowest BCUT2D eigenvalue weighted by Crippen LogP contribution is -2.29. The predicted molar refractivity (Wildman–Crippen MR) is 80.5 cm³/mol. The van der Waals surface area contributed by atoms with Gasteiger partial charge in [-0.2, -0.15) is 0 Å². The summed E-state index contributed by atoms with van der Waals surface area (Å²) in [6.07, 6.45) is 1.57. The average Bonchev–Trinajstić information content (AvgIpc) is 2.84. The van der Waals surface area contributed by atoms with Crippen LogP contribution in [0.3, 0.4) is 0 Å². The van der Waals surface area contributed by atoms with Gasteiger partial charge in [0, 0.05) is 25.4 Å². The van der Waals surface area contributed by atoms with Crippen LogP contribution in [-0.4, -0.2) is 30.4 Å². The fraction of sp³-hybridized carbons (Fsp3) is 0.533. The molecule has 3 nitrogen and oxygen atoms in total. The highest BCUT2D eigenvalue weighted by Crippen LogP contribution is 2.32. The van der Waals surface area contributed by atoms with E-state index in [4.69, 9.17) is 5.73 Å². The van der Waals surface area contributed by atoms with Crippen molar-refractivity contribution in [1.29, 1.82) is 0 Å². The molecule has 1 aliphatic rings. The predicted octanol–water partition coefficient (Wildman–Crippen LogP) is 2.41. The molecule has 1 fully saturated rings. The lowest BCUT2D eigenvalue weighted by molar-refractivity contribution is -0.130. The van der Waals surface area contributed by atoms with Crippen LogP contribution >= 0.6 is 12.4 Å². The normalized spacial score (nSPS) is 22.1. The molecule has 2 rings (SSSR count). The Morgan fingerprint density at radius 1 is 1.32 bits per heavy atom. The van der Waals surface area contributed by atoms with E-state index in [-0.39, 0.29) is 18.3 Å². The third kappa shape index (κ3) is 3.71. The van der Waals surface area contributed by atoms with Crippen LogP contribution in [0.2, 0.25) is 0 Å². The molecule has 0 saturated carbocycles. The van der Waals surface area contributed by atoms with E-state index in [0.717, 1.165) is 19.5 Å².